The zero-order valence-electron chi connectivity index (χ0n) is 11.6. The minimum absolute atomic E-state index is 0.0614. The number of hydrogen-bond acceptors (Lipinski definition) is 3. The molecule has 1 aromatic carbocycles. The number of nitrogens with two attached hydrogens (primary N) is 1. The van der Waals surface area contributed by atoms with E-state index in [2.05, 4.69) is 12.1 Å². The second kappa shape index (κ2) is 6.17. The van der Waals surface area contributed by atoms with E-state index in [1.54, 1.807) is 11.9 Å². The molecule has 0 spiro atoms. The monoisotopic (exact) mass is 262 g/mol. The van der Waals surface area contributed by atoms with E-state index in [1.807, 2.05) is 19.1 Å². The van der Waals surface area contributed by atoms with Gasteiger partial charge in [-0.05, 0) is 24.5 Å². The van der Waals surface area contributed by atoms with Crippen molar-refractivity contribution >= 4 is 5.91 Å². The predicted molar refractivity (Wildman–Crippen MR) is 74.7 cm³/mol. The summed E-state index contributed by atoms with van der Waals surface area (Å²) in [4.78, 5) is 13.9. The highest BCUT2D eigenvalue weighted by atomic mass is 16.5. The number of nitrogens with zero attached hydrogens (tertiary/aromatic N) is 1. The Morgan fingerprint density at radius 2 is 2.26 bits per heavy atom. The first kappa shape index (κ1) is 14.0. The Bertz CT molecular complexity index is 448. The number of amides is 1. The van der Waals surface area contributed by atoms with Crippen LogP contribution >= 0.6 is 0 Å². The Morgan fingerprint density at radius 1 is 1.53 bits per heavy atom. The zero-order valence-corrected chi connectivity index (χ0v) is 11.6. The van der Waals surface area contributed by atoms with Crippen LogP contribution in [-0.4, -0.2) is 37.0 Å². The van der Waals surface area contributed by atoms with Crippen LogP contribution in [0.2, 0.25) is 0 Å². The SMILES string of the molecule is CC(CN)N(C)C(=O)CC1OCCc2ccccc21. The van der Waals surface area contributed by atoms with Crippen molar-refractivity contribution in [3.8, 4) is 0 Å². The smallest absolute Gasteiger partial charge is 0.225 e. The maximum Gasteiger partial charge on any atom is 0.225 e. The Labute approximate surface area is 114 Å². The quantitative estimate of drug-likeness (QED) is 0.894. The molecule has 4 nitrogen and oxygen atoms in total. The molecule has 0 radical (unpaired) electrons. The first-order valence-corrected chi connectivity index (χ1v) is 6.78. The molecule has 4 heteroatoms. The van der Waals surface area contributed by atoms with Gasteiger partial charge in [0.1, 0.15) is 0 Å². The minimum atomic E-state index is -0.120. The van der Waals surface area contributed by atoms with Crippen LogP contribution in [0.3, 0.4) is 0 Å². The van der Waals surface area contributed by atoms with E-state index in [1.165, 1.54) is 5.56 Å². The lowest BCUT2D eigenvalue weighted by molar-refractivity contribution is -0.135. The Kier molecular flexibility index (Phi) is 4.56. The lowest BCUT2D eigenvalue weighted by atomic mass is 9.95. The van der Waals surface area contributed by atoms with Crippen molar-refractivity contribution in [1.82, 2.24) is 4.90 Å². The van der Waals surface area contributed by atoms with E-state index >= 15 is 0 Å². The molecule has 0 saturated carbocycles. The van der Waals surface area contributed by atoms with Gasteiger partial charge in [-0.15, -0.1) is 0 Å². The van der Waals surface area contributed by atoms with Crippen LogP contribution in [0.15, 0.2) is 24.3 Å². The van der Waals surface area contributed by atoms with Crippen molar-refractivity contribution in [3.63, 3.8) is 0 Å². The van der Waals surface area contributed by atoms with Gasteiger partial charge in [-0.2, -0.15) is 0 Å². The summed E-state index contributed by atoms with van der Waals surface area (Å²) in [5.41, 5.74) is 8.04. The van der Waals surface area contributed by atoms with Gasteiger partial charge >= 0.3 is 0 Å². The minimum Gasteiger partial charge on any atom is -0.373 e. The highest BCUT2D eigenvalue weighted by molar-refractivity contribution is 5.77. The maximum atomic E-state index is 12.2. The average Bonchev–Trinajstić information content (AvgIpc) is 2.46. The number of carbonyl (C=O) groups is 1. The normalized spacial score (nSPS) is 19.6. The van der Waals surface area contributed by atoms with Crippen LogP contribution < -0.4 is 5.73 Å². The highest BCUT2D eigenvalue weighted by Gasteiger charge is 2.25. The van der Waals surface area contributed by atoms with Crippen molar-refractivity contribution in [2.45, 2.75) is 31.9 Å². The van der Waals surface area contributed by atoms with E-state index in [-0.39, 0.29) is 18.1 Å². The van der Waals surface area contributed by atoms with Crippen molar-refractivity contribution in [2.24, 2.45) is 5.73 Å². The van der Waals surface area contributed by atoms with E-state index in [9.17, 15) is 4.79 Å². The zero-order chi connectivity index (χ0) is 13.8. The average molecular weight is 262 g/mol. The van der Waals surface area contributed by atoms with Crippen LogP contribution in [0.25, 0.3) is 0 Å². The van der Waals surface area contributed by atoms with E-state index in [0.717, 1.165) is 12.0 Å². The Hall–Kier alpha value is -1.39. The summed E-state index contributed by atoms with van der Waals surface area (Å²) >= 11 is 0. The number of fused-ring (bicyclic) bond motifs is 1. The number of benzene rings is 1. The number of likely N-dealkylation sites (N-methyl/N-ethyl adjacent to an activating group) is 1. The fraction of sp³-hybridized carbons (Fsp3) is 0.533. The lowest BCUT2D eigenvalue weighted by Crippen LogP contribution is -2.40. The van der Waals surface area contributed by atoms with Gasteiger partial charge in [-0.3, -0.25) is 4.79 Å². The molecule has 0 saturated heterocycles. The molecule has 0 fully saturated rings. The molecule has 2 N–H and O–H groups in total. The van der Waals surface area contributed by atoms with Crippen LogP contribution in [0, 0.1) is 0 Å². The largest absolute Gasteiger partial charge is 0.373 e. The number of rotatable bonds is 4. The summed E-state index contributed by atoms with van der Waals surface area (Å²) in [5, 5.41) is 0. The third kappa shape index (κ3) is 3.14. The van der Waals surface area contributed by atoms with Crippen LogP contribution in [0.1, 0.15) is 30.6 Å². The summed E-state index contributed by atoms with van der Waals surface area (Å²) in [7, 11) is 1.80. The second-order valence-electron chi connectivity index (χ2n) is 5.10. The van der Waals surface area contributed by atoms with Gasteiger partial charge in [-0.25, -0.2) is 0 Å². The van der Waals surface area contributed by atoms with E-state index < -0.39 is 0 Å². The van der Waals surface area contributed by atoms with Gasteiger partial charge in [0.25, 0.3) is 0 Å². The molecule has 2 atom stereocenters. The lowest BCUT2D eigenvalue weighted by Gasteiger charge is -2.29. The predicted octanol–water partition coefficient (Wildman–Crippen LogP) is 1.50. The molecule has 1 amide bonds. The molecule has 2 rings (SSSR count). The van der Waals surface area contributed by atoms with Crippen molar-refractivity contribution in [2.75, 3.05) is 20.2 Å². The molecule has 2 unspecified atom stereocenters. The molecule has 104 valence electrons. The Balaban J connectivity index is 2.06. The van der Waals surface area contributed by atoms with Gasteiger partial charge in [0.05, 0.1) is 19.1 Å². The summed E-state index contributed by atoms with van der Waals surface area (Å²) < 4.78 is 5.76. The molecule has 1 heterocycles. The summed E-state index contributed by atoms with van der Waals surface area (Å²) in [6, 6.07) is 8.26. The summed E-state index contributed by atoms with van der Waals surface area (Å²) in [6.07, 6.45) is 1.19. The number of carbonyl (C=O) groups excluding carboxylic acids is 1. The summed E-state index contributed by atoms with van der Waals surface area (Å²) in [6.45, 7) is 3.11. The van der Waals surface area contributed by atoms with Crippen LogP contribution in [0.5, 0.6) is 0 Å². The highest BCUT2D eigenvalue weighted by Crippen LogP contribution is 2.29. The number of hydrogen-bond donors (Lipinski definition) is 1. The molecule has 0 bridgehead atoms. The fourth-order valence-electron chi connectivity index (χ4n) is 2.35. The molecule has 1 aromatic rings. The van der Waals surface area contributed by atoms with Crippen molar-refractivity contribution < 1.29 is 9.53 Å². The maximum absolute atomic E-state index is 12.2. The molecule has 19 heavy (non-hydrogen) atoms. The van der Waals surface area contributed by atoms with Crippen molar-refractivity contribution in [3.05, 3.63) is 35.4 Å². The Morgan fingerprint density at radius 3 is 3.00 bits per heavy atom. The third-order valence-corrected chi connectivity index (χ3v) is 3.85. The van der Waals surface area contributed by atoms with Crippen molar-refractivity contribution in [1.29, 1.82) is 0 Å². The molecular formula is C15H22N2O2. The second-order valence-corrected chi connectivity index (χ2v) is 5.10. The first-order valence-electron chi connectivity index (χ1n) is 6.78. The summed E-state index contributed by atoms with van der Waals surface area (Å²) in [5.74, 6) is 0.0830. The van der Waals surface area contributed by atoms with Gasteiger partial charge in [-0.1, -0.05) is 24.3 Å². The van der Waals surface area contributed by atoms with Crippen LogP contribution in [-0.2, 0) is 16.0 Å². The van der Waals surface area contributed by atoms with Gasteiger partial charge < -0.3 is 15.4 Å². The first-order chi connectivity index (χ1) is 9.13. The molecule has 0 aliphatic carbocycles. The van der Waals surface area contributed by atoms with Gasteiger partial charge in [0.15, 0.2) is 0 Å². The topological polar surface area (TPSA) is 55.6 Å². The molecular weight excluding hydrogens is 240 g/mol. The van der Waals surface area contributed by atoms with E-state index in [0.29, 0.717) is 19.6 Å². The van der Waals surface area contributed by atoms with Gasteiger partial charge in [0.2, 0.25) is 5.91 Å². The standard InChI is InChI=1S/C15H22N2O2/c1-11(10-16)17(2)15(18)9-14-13-6-4-3-5-12(13)7-8-19-14/h3-6,11,14H,7-10,16H2,1-2H3. The van der Waals surface area contributed by atoms with E-state index in [4.69, 9.17) is 10.5 Å². The molecule has 1 aliphatic rings. The van der Waals surface area contributed by atoms with Crippen LogP contribution in [0.4, 0.5) is 0 Å². The molecule has 0 aromatic heterocycles. The van der Waals surface area contributed by atoms with Gasteiger partial charge in [0, 0.05) is 19.6 Å². The third-order valence-electron chi connectivity index (χ3n) is 3.85. The fourth-order valence-corrected chi connectivity index (χ4v) is 2.35. The number of ether oxygens (including phenoxy) is 1. The molecule has 1 aliphatic heterocycles.